The van der Waals surface area contributed by atoms with E-state index >= 15 is 0 Å². The van der Waals surface area contributed by atoms with Gasteiger partial charge in [-0.05, 0) is 81.5 Å². The lowest BCUT2D eigenvalue weighted by molar-refractivity contribution is -0.136. The topological polar surface area (TPSA) is 425 Å². The van der Waals surface area contributed by atoms with Gasteiger partial charge < -0.3 is 76.2 Å². The fraction of sp³-hybridized carbons (Fsp3) is 0.479. The molecule has 4 rings (SSSR count). The highest BCUT2D eigenvalue weighted by Crippen LogP contribution is 2.20. The van der Waals surface area contributed by atoms with Gasteiger partial charge in [0, 0.05) is 50.0 Å². The SMILES string of the molecule is CC(=O)N[C@@H](CCC(N)=O)C(=O)N[C@H]1CC(=O)NCCCC[C@@H](C(N)=O)NC(=O)[C@H](Cc2c[nH]c3ccccc23)NC(=O)[C@H](CCCN=C(N)N)NC(=O)[C@@H](CCc2ccccc2)NC(=O)[C@H](CCN)NC1=O. The largest absolute Gasteiger partial charge is 0.370 e. The van der Waals surface area contributed by atoms with E-state index < -0.39 is 108 Å². The number of para-hydroxylation sites is 1. The number of benzene rings is 2. The molecule has 10 amide bonds. The maximum atomic E-state index is 14.5. The molecule has 0 bridgehead atoms. The molecule has 1 fully saturated rings. The minimum atomic E-state index is -1.67. The van der Waals surface area contributed by atoms with Gasteiger partial charge in [-0.25, -0.2) is 0 Å². The zero-order chi connectivity index (χ0) is 53.5. The van der Waals surface area contributed by atoms with Crippen molar-refractivity contribution in [1.29, 1.82) is 0 Å². The number of rotatable bonds is 18. The van der Waals surface area contributed by atoms with Crippen molar-refractivity contribution in [3.8, 4) is 0 Å². The van der Waals surface area contributed by atoms with Gasteiger partial charge in [-0.15, -0.1) is 0 Å². The van der Waals surface area contributed by atoms with Crippen LogP contribution in [0.5, 0.6) is 0 Å². The summed E-state index contributed by atoms with van der Waals surface area (Å²) >= 11 is 0. The number of guanidine groups is 1. The minimum Gasteiger partial charge on any atom is -0.370 e. The summed E-state index contributed by atoms with van der Waals surface area (Å²) in [5.74, 6) is -8.46. The molecule has 73 heavy (non-hydrogen) atoms. The molecule has 25 nitrogen and oxygen atoms in total. The van der Waals surface area contributed by atoms with Gasteiger partial charge in [-0.1, -0.05) is 48.5 Å². The third-order valence-electron chi connectivity index (χ3n) is 11.9. The van der Waals surface area contributed by atoms with Gasteiger partial charge in [0.25, 0.3) is 0 Å². The average molecular weight is 1020 g/mol. The van der Waals surface area contributed by atoms with Gasteiger partial charge in [0.05, 0.1) is 6.42 Å². The summed E-state index contributed by atoms with van der Waals surface area (Å²) in [6, 6.07) is 6.54. The number of aromatic amines is 1. The number of aromatic nitrogens is 1. The standard InChI is InChI=1S/C48H69N15O10/c1-27(64)57-34(18-19-39(50)65)43(69)63-38-25-40(66)54-22-8-7-14-32(41(51)67)58-46(72)37(24-29-26-56-31-13-6-5-12-30(29)31)62-42(68)33(15-9-23-55-48(52)53)59-44(70)35(17-16-28-10-3-2-4-11-28)60-45(71)36(20-21-49)61-47(38)73/h2-6,10-13,26,32-38,56H,7-9,14-25,49H2,1H3,(H2,50,65)(H2,51,67)(H,54,66)(H,57,64)(H,58,72)(H,59,70)(H,60,71)(H,61,73)(H,62,68)(H,63,69)(H4,52,53,55)/t32-,33-,34-,35+,36-,37-,38-/m0/s1. The normalized spacial score (nSPS) is 21.4. The van der Waals surface area contributed by atoms with E-state index in [0.29, 0.717) is 5.56 Å². The maximum absolute atomic E-state index is 14.5. The number of primary amides is 2. The summed E-state index contributed by atoms with van der Waals surface area (Å²) in [5, 5.41) is 21.6. The van der Waals surface area contributed by atoms with E-state index in [1.807, 2.05) is 36.4 Å². The zero-order valence-electron chi connectivity index (χ0n) is 40.8. The quantitative estimate of drug-likeness (QED) is 0.0336. The number of nitrogens with zero attached hydrogens (tertiary/aromatic N) is 1. The predicted molar refractivity (Wildman–Crippen MR) is 269 cm³/mol. The molecule has 0 aliphatic carbocycles. The smallest absolute Gasteiger partial charge is 0.243 e. The van der Waals surface area contributed by atoms with Crippen LogP contribution in [0.25, 0.3) is 10.9 Å². The molecule has 0 radical (unpaired) electrons. The number of nitrogens with two attached hydrogens (primary N) is 5. The fourth-order valence-corrected chi connectivity index (χ4v) is 8.05. The van der Waals surface area contributed by atoms with Crippen molar-refractivity contribution in [3.05, 3.63) is 71.9 Å². The molecular formula is C48H69N15O10. The third-order valence-corrected chi connectivity index (χ3v) is 11.9. The first kappa shape index (κ1) is 57.5. The van der Waals surface area contributed by atoms with E-state index in [0.717, 1.165) is 23.4 Å². The Bertz CT molecular complexity index is 2440. The first-order valence-electron chi connectivity index (χ1n) is 24.1. The van der Waals surface area contributed by atoms with Gasteiger partial charge in [0.15, 0.2) is 5.96 Å². The molecule has 19 N–H and O–H groups in total. The van der Waals surface area contributed by atoms with Crippen molar-refractivity contribution in [2.75, 3.05) is 19.6 Å². The fourth-order valence-electron chi connectivity index (χ4n) is 8.05. The Hall–Kier alpha value is -8.09. The van der Waals surface area contributed by atoms with Gasteiger partial charge in [-0.3, -0.25) is 52.9 Å². The second kappa shape index (κ2) is 29.3. The highest BCUT2D eigenvalue weighted by molar-refractivity contribution is 5.99. The number of fused-ring (bicyclic) bond motifs is 1. The Kier molecular flexibility index (Phi) is 23.1. The Balaban J connectivity index is 1.76. The molecular weight excluding hydrogens is 947 g/mol. The predicted octanol–water partition coefficient (Wildman–Crippen LogP) is -3.40. The molecule has 0 saturated carbocycles. The number of carbonyl (C=O) groups is 10. The Labute approximate surface area is 421 Å². The third kappa shape index (κ3) is 19.6. The van der Waals surface area contributed by atoms with Crippen molar-refractivity contribution in [1.82, 2.24) is 47.5 Å². The van der Waals surface area contributed by atoms with E-state index in [1.165, 1.54) is 0 Å². The van der Waals surface area contributed by atoms with Crippen LogP contribution in [0.3, 0.4) is 0 Å². The molecule has 1 aliphatic rings. The first-order chi connectivity index (χ1) is 34.8. The van der Waals surface area contributed by atoms with E-state index in [-0.39, 0.29) is 96.2 Å². The molecule has 1 aliphatic heterocycles. The van der Waals surface area contributed by atoms with E-state index in [9.17, 15) is 47.9 Å². The number of hydrogen-bond acceptors (Lipinski definition) is 12. The molecule has 7 atom stereocenters. The summed E-state index contributed by atoms with van der Waals surface area (Å²) < 4.78 is 0. The van der Waals surface area contributed by atoms with Crippen molar-refractivity contribution in [2.45, 2.75) is 126 Å². The van der Waals surface area contributed by atoms with Gasteiger partial charge in [0.2, 0.25) is 59.1 Å². The summed E-state index contributed by atoms with van der Waals surface area (Å²) in [4.78, 5) is 142. The monoisotopic (exact) mass is 1020 g/mol. The summed E-state index contributed by atoms with van der Waals surface area (Å²) in [7, 11) is 0. The van der Waals surface area contributed by atoms with Crippen LogP contribution >= 0.6 is 0 Å². The molecule has 2 aromatic carbocycles. The van der Waals surface area contributed by atoms with Gasteiger partial charge in [-0.2, -0.15) is 0 Å². The second-order valence-electron chi connectivity index (χ2n) is 17.7. The lowest BCUT2D eigenvalue weighted by Gasteiger charge is -2.28. The molecule has 396 valence electrons. The number of amides is 10. The van der Waals surface area contributed by atoms with E-state index in [2.05, 4.69) is 52.5 Å². The lowest BCUT2D eigenvalue weighted by Crippen LogP contribution is -2.60. The number of hydrogen-bond donors (Lipinski definition) is 14. The van der Waals surface area contributed by atoms with Crippen molar-refractivity contribution < 1.29 is 47.9 Å². The van der Waals surface area contributed by atoms with Crippen LogP contribution in [0, 0.1) is 0 Å². The second-order valence-corrected chi connectivity index (χ2v) is 17.7. The van der Waals surface area contributed by atoms with Crippen LogP contribution in [-0.4, -0.2) is 132 Å². The molecule has 3 aromatic rings. The van der Waals surface area contributed by atoms with Gasteiger partial charge >= 0.3 is 0 Å². The number of nitrogens with one attached hydrogen (secondary N) is 9. The van der Waals surface area contributed by atoms with Crippen molar-refractivity contribution >= 4 is 75.9 Å². The molecule has 0 unspecified atom stereocenters. The summed E-state index contributed by atoms with van der Waals surface area (Å²) in [5.41, 5.74) is 30.3. The van der Waals surface area contributed by atoms with Crippen molar-refractivity contribution in [3.63, 3.8) is 0 Å². The number of aliphatic imine (C=N–C) groups is 1. The summed E-state index contributed by atoms with van der Waals surface area (Å²) in [6.07, 6.45) is 1.00. The van der Waals surface area contributed by atoms with Crippen LogP contribution in [0.1, 0.15) is 82.3 Å². The number of carbonyl (C=O) groups excluding carboxylic acids is 10. The molecule has 2 heterocycles. The molecule has 1 aromatic heterocycles. The molecule has 25 heteroatoms. The average Bonchev–Trinajstić information content (AvgIpc) is 3.75. The zero-order valence-corrected chi connectivity index (χ0v) is 40.8. The van der Waals surface area contributed by atoms with E-state index in [4.69, 9.17) is 28.7 Å². The highest BCUT2D eigenvalue weighted by Gasteiger charge is 2.35. The Morgan fingerprint density at radius 1 is 0.740 bits per heavy atom. The molecule has 1 saturated heterocycles. The van der Waals surface area contributed by atoms with Crippen LogP contribution in [0.4, 0.5) is 0 Å². The Morgan fingerprint density at radius 3 is 2.00 bits per heavy atom. The molecule has 0 spiro atoms. The maximum Gasteiger partial charge on any atom is 0.243 e. The summed E-state index contributed by atoms with van der Waals surface area (Å²) in [6.45, 7) is 1.03. The van der Waals surface area contributed by atoms with Crippen LogP contribution in [0.2, 0.25) is 0 Å². The lowest BCUT2D eigenvalue weighted by atomic mass is 10.0. The van der Waals surface area contributed by atoms with Crippen LogP contribution < -0.4 is 71.2 Å². The van der Waals surface area contributed by atoms with Gasteiger partial charge in [0.1, 0.15) is 42.3 Å². The van der Waals surface area contributed by atoms with Crippen LogP contribution in [0.15, 0.2) is 65.8 Å². The van der Waals surface area contributed by atoms with Crippen molar-refractivity contribution in [2.24, 2.45) is 33.7 Å². The number of aryl methyl sites for hydroxylation is 1. The highest BCUT2D eigenvalue weighted by atomic mass is 16.2. The minimum absolute atomic E-state index is 0.00109. The number of H-pyrrole nitrogens is 1. The Morgan fingerprint density at radius 2 is 1.36 bits per heavy atom. The van der Waals surface area contributed by atoms with Crippen LogP contribution in [-0.2, 0) is 60.8 Å². The first-order valence-corrected chi connectivity index (χ1v) is 24.1. The van der Waals surface area contributed by atoms with E-state index in [1.54, 1.807) is 24.4 Å².